The summed E-state index contributed by atoms with van der Waals surface area (Å²) in [6.07, 6.45) is 0. The second-order valence-electron chi connectivity index (χ2n) is 5.46. The first kappa shape index (κ1) is 17.0. The second-order valence-corrected chi connectivity index (χ2v) is 6.46. The van der Waals surface area contributed by atoms with Crippen molar-refractivity contribution in [1.82, 2.24) is 4.98 Å². The van der Waals surface area contributed by atoms with Gasteiger partial charge in [0.1, 0.15) is 0 Å². The minimum absolute atomic E-state index is 0.0412. The summed E-state index contributed by atoms with van der Waals surface area (Å²) in [4.78, 5) is 27.7. The zero-order valence-corrected chi connectivity index (χ0v) is 14.3. The van der Waals surface area contributed by atoms with E-state index < -0.39 is 5.97 Å². The molecular formula is C19H15N2O3S-. The first-order valence-corrected chi connectivity index (χ1v) is 8.62. The largest absolute Gasteiger partial charge is 0.545 e. The average molecular weight is 351 g/mol. The molecule has 1 heterocycles. The van der Waals surface area contributed by atoms with Crippen molar-refractivity contribution < 1.29 is 14.7 Å². The van der Waals surface area contributed by atoms with Gasteiger partial charge in [0, 0.05) is 16.6 Å². The molecular weight excluding hydrogens is 336 g/mol. The fourth-order valence-corrected chi connectivity index (χ4v) is 3.26. The summed E-state index contributed by atoms with van der Waals surface area (Å²) < 4.78 is 0. The highest BCUT2D eigenvalue weighted by Gasteiger charge is 2.09. The molecule has 6 heteroatoms. The van der Waals surface area contributed by atoms with Gasteiger partial charge in [0.15, 0.2) is 0 Å². The van der Waals surface area contributed by atoms with Gasteiger partial charge in [-0.25, -0.2) is 4.98 Å². The van der Waals surface area contributed by atoms with Gasteiger partial charge >= 0.3 is 0 Å². The fraction of sp³-hybridized carbons (Fsp3) is 0.105. The zero-order chi connectivity index (χ0) is 17.8. The van der Waals surface area contributed by atoms with Crippen LogP contribution < -0.4 is 10.4 Å². The molecule has 126 valence electrons. The van der Waals surface area contributed by atoms with Crippen molar-refractivity contribution in [3.63, 3.8) is 0 Å². The van der Waals surface area contributed by atoms with Crippen molar-refractivity contribution in [2.45, 2.75) is 11.9 Å². The fourth-order valence-electron chi connectivity index (χ4n) is 2.49. The molecule has 0 atom stereocenters. The summed E-state index contributed by atoms with van der Waals surface area (Å²) in [6.45, 7) is 2.00. The van der Waals surface area contributed by atoms with Crippen LogP contribution in [0.25, 0.3) is 10.9 Å². The molecule has 0 radical (unpaired) electrons. The highest BCUT2D eigenvalue weighted by Crippen LogP contribution is 2.24. The monoisotopic (exact) mass is 351 g/mol. The highest BCUT2D eigenvalue weighted by atomic mass is 32.2. The number of anilines is 1. The number of carboxylic acid groups (broad SMARTS) is 1. The first-order chi connectivity index (χ1) is 12.0. The van der Waals surface area contributed by atoms with Gasteiger partial charge in [-0.2, -0.15) is 0 Å². The molecule has 3 rings (SSSR count). The number of hydrogen-bond donors (Lipinski definition) is 1. The molecule has 1 aromatic heterocycles. The number of thioether (sulfide) groups is 1. The minimum Gasteiger partial charge on any atom is -0.545 e. The summed E-state index contributed by atoms with van der Waals surface area (Å²) in [6, 6.07) is 15.9. The minimum atomic E-state index is -1.32. The first-order valence-electron chi connectivity index (χ1n) is 7.64. The van der Waals surface area contributed by atoms with Gasteiger partial charge < -0.3 is 15.2 Å². The van der Waals surface area contributed by atoms with Crippen molar-refractivity contribution in [3.8, 4) is 0 Å². The van der Waals surface area contributed by atoms with Crippen LogP contribution in [0.1, 0.15) is 15.9 Å². The molecule has 0 bridgehead atoms. The van der Waals surface area contributed by atoms with Crippen molar-refractivity contribution >= 4 is 40.2 Å². The molecule has 25 heavy (non-hydrogen) atoms. The van der Waals surface area contributed by atoms with Gasteiger partial charge in [0.05, 0.1) is 22.3 Å². The molecule has 0 aliphatic heterocycles. The maximum Gasteiger partial charge on any atom is 0.234 e. The number of nitrogens with one attached hydrogen (secondary N) is 1. The molecule has 1 N–H and O–H groups in total. The zero-order valence-electron chi connectivity index (χ0n) is 13.5. The number of para-hydroxylation sites is 2. The highest BCUT2D eigenvalue weighted by molar-refractivity contribution is 7.99. The van der Waals surface area contributed by atoms with Crippen LogP contribution in [0.3, 0.4) is 0 Å². The van der Waals surface area contributed by atoms with Gasteiger partial charge in [-0.3, -0.25) is 4.79 Å². The number of carbonyl (C=O) groups excluding carboxylic acids is 2. The van der Waals surface area contributed by atoms with Gasteiger partial charge in [-0.1, -0.05) is 48.2 Å². The molecule has 0 unspecified atom stereocenters. The van der Waals surface area contributed by atoms with Crippen molar-refractivity contribution in [1.29, 1.82) is 0 Å². The Hall–Kier alpha value is -2.86. The Labute approximate surface area is 149 Å². The number of amides is 1. The van der Waals surface area contributed by atoms with Crippen LogP contribution in [0.15, 0.2) is 59.6 Å². The van der Waals surface area contributed by atoms with Crippen molar-refractivity contribution in [2.75, 3.05) is 11.1 Å². The summed E-state index contributed by atoms with van der Waals surface area (Å²) in [5, 5.41) is 15.5. The van der Waals surface area contributed by atoms with Crippen molar-refractivity contribution in [3.05, 3.63) is 65.7 Å². The standard InChI is InChI=1S/C19H16N2O3S/c1-12-10-18(21-15-8-4-2-6-13(12)15)25-11-17(22)20-16-9-5-3-7-14(16)19(23)24/h2-10H,11H2,1H3,(H,20,22)(H,23,24)/p-1. The number of hydrogen-bond acceptors (Lipinski definition) is 5. The molecule has 1 amide bonds. The Kier molecular flexibility index (Phi) is 5.00. The maximum atomic E-state index is 12.1. The quantitative estimate of drug-likeness (QED) is 0.715. The number of nitrogens with zero attached hydrogens (tertiary/aromatic N) is 1. The van der Waals surface area contributed by atoms with Crippen LogP contribution >= 0.6 is 11.8 Å². The van der Waals surface area contributed by atoms with Gasteiger partial charge in [0.2, 0.25) is 5.91 Å². The number of aromatic nitrogens is 1. The molecule has 5 nitrogen and oxygen atoms in total. The Bertz CT molecular complexity index is 956. The molecule has 3 aromatic rings. The van der Waals surface area contributed by atoms with E-state index in [1.54, 1.807) is 12.1 Å². The number of aryl methyl sites for hydroxylation is 1. The second kappa shape index (κ2) is 7.36. The lowest BCUT2D eigenvalue weighted by Gasteiger charge is -2.11. The van der Waals surface area contributed by atoms with Crippen LogP contribution in [-0.2, 0) is 4.79 Å². The summed E-state index contributed by atoms with van der Waals surface area (Å²) >= 11 is 1.30. The maximum absolute atomic E-state index is 12.1. The number of aromatic carboxylic acids is 1. The Morgan fingerprint density at radius 1 is 1.12 bits per heavy atom. The molecule has 0 spiro atoms. The predicted molar refractivity (Wildman–Crippen MR) is 96.6 cm³/mol. The lowest BCUT2D eigenvalue weighted by molar-refractivity contribution is -0.254. The number of rotatable bonds is 5. The van der Waals surface area contributed by atoms with E-state index in [4.69, 9.17) is 0 Å². The van der Waals surface area contributed by atoms with Gasteiger partial charge in [-0.05, 0) is 30.7 Å². The number of pyridine rings is 1. The number of carbonyl (C=O) groups is 2. The van der Waals surface area contributed by atoms with E-state index in [0.29, 0.717) is 0 Å². The Balaban J connectivity index is 1.70. The Morgan fingerprint density at radius 3 is 2.64 bits per heavy atom. The molecule has 0 saturated carbocycles. The number of benzene rings is 2. The van der Waals surface area contributed by atoms with Crippen LogP contribution in [0.2, 0.25) is 0 Å². The van der Waals surface area contributed by atoms with E-state index in [-0.39, 0.29) is 22.9 Å². The van der Waals surface area contributed by atoms with E-state index in [2.05, 4.69) is 10.3 Å². The van der Waals surface area contributed by atoms with E-state index >= 15 is 0 Å². The third kappa shape index (κ3) is 3.97. The van der Waals surface area contributed by atoms with Crippen LogP contribution in [0, 0.1) is 6.92 Å². The van der Waals surface area contributed by atoms with Crippen LogP contribution in [0.4, 0.5) is 5.69 Å². The third-order valence-corrected chi connectivity index (χ3v) is 4.58. The van der Waals surface area contributed by atoms with Gasteiger partial charge in [-0.15, -0.1) is 0 Å². The van der Waals surface area contributed by atoms with Crippen LogP contribution in [-0.4, -0.2) is 22.6 Å². The van der Waals surface area contributed by atoms with E-state index in [1.165, 1.54) is 23.9 Å². The Morgan fingerprint density at radius 2 is 1.84 bits per heavy atom. The smallest absolute Gasteiger partial charge is 0.234 e. The SMILES string of the molecule is Cc1cc(SCC(=O)Nc2ccccc2C(=O)[O-])nc2ccccc12. The summed E-state index contributed by atoms with van der Waals surface area (Å²) in [7, 11) is 0. The van der Waals surface area contributed by atoms with Crippen molar-refractivity contribution in [2.24, 2.45) is 0 Å². The van der Waals surface area contributed by atoms with Gasteiger partial charge in [0.25, 0.3) is 0 Å². The predicted octanol–water partition coefficient (Wildman–Crippen LogP) is 2.64. The molecule has 2 aromatic carbocycles. The number of fused-ring (bicyclic) bond motifs is 1. The lowest BCUT2D eigenvalue weighted by atomic mass is 10.1. The normalized spacial score (nSPS) is 10.6. The summed E-state index contributed by atoms with van der Waals surface area (Å²) in [5.74, 6) is -1.49. The topological polar surface area (TPSA) is 82.1 Å². The molecule has 0 aliphatic rings. The number of carboxylic acids is 1. The lowest BCUT2D eigenvalue weighted by Crippen LogP contribution is -2.25. The average Bonchev–Trinajstić information content (AvgIpc) is 2.60. The molecule has 0 saturated heterocycles. The third-order valence-electron chi connectivity index (χ3n) is 3.67. The molecule has 0 fully saturated rings. The van der Waals surface area contributed by atoms with Crippen LogP contribution in [0.5, 0.6) is 0 Å². The van der Waals surface area contributed by atoms with E-state index in [1.807, 2.05) is 37.3 Å². The van der Waals surface area contributed by atoms with E-state index in [0.717, 1.165) is 21.5 Å². The summed E-state index contributed by atoms with van der Waals surface area (Å²) in [5.41, 5.74) is 2.17. The van der Waals surface area contributed by atoms with E-state index in [9.17, 15) is 14.7 Å². The molecule has 0 aliphatic carbocycles.